The minimum atomic E-state index is -0.550. The van der Waals surface area contributed by atoms with Crippen LogP contribution >= 0.6 is 11.3 Å². The number of ketones is 1. The molecule has 0 fully saturated rings. The van der Waals surface area contributed by atoms with Crippen LogP contribution in [0.2, 0.25) is 0 Å². The average molecular weight is 344 g/mol. The molecule has 2 aromatic rings. The SMILES string of the molecule is CCN(CC)C(CNC(=O)C(=O)c1ccc(C)cc1)c1ccsc1. The first-order valence-corrected chi connectivity index (χ1v) is 9.16. The molecule has 0 aliphatic heterocycles. The monoisotopic (exact) mass is 344 g/mol. The van der Waals surface area contributed by atoms with Crippen LogP contribution < -0.4 is 5.32 Å². The number of carbonyl (C=O) groups excluding carboxylic acids is 2. The molecule has 24 heavy (non-hydrogen) atoms. The largest absolute Gasteiger partial charge is 0.347 e. The van der Waals surface area contributed by atoms with E-state index < -0.39 is 11.7 Å². The second-order valence-corrected chi connectivity index (χ2v) is 6.48. The number of aryl methyl sites for hydroxylation is 1. The lowest BCUT2D eigenvalue weighted by molar-refractivity contribution is -0.117. The molecule has 1 aromatic heterocycles. The number of benzene rings is 1. The van der Waals surface area contributed by atoms with E-state index in [1.165, 1.54) is 5.56 Å². The van der Waals surface area contributed by atoms with Gasteiger partial charge in [0.25, 0.3) is 5.91 Å². The van der Waals surface area contributed by atoms with Crippen molar-refractivity contribution in [1.29, 1.82) is 0 Å². The van der Waals surface area contributed by atoms with Gasteiger partial charge in [-0.15, -0.1) is 0 Å². The van der Waals surface area contributed by atoms with Gasteiger partial charge >= 0.3 is 0 Å². The Hall–Kier alpha value is -1.98. The second kappa shape index (κ2) is 8.76. The highest BCUT2D eigenvalue weighted by atomic mass is 32.1. The molecule has 1 heterocycles. The number of carbonyl (C=O) groups is 2. The molecule has 0 spiro atoms. The Morgan fingerprint density at radius 1 is 1.12 bits per heavy atom. The summed E-state index contributed by atoms with van der Waals surface area (Å²) in [5, 5.41) is 6.93. The van der Waals surface area contributed by atoms with Gasteiger partial charge < -0.3 is 5.32 Å². The van der Waals surface area contributed by atoms with Crippen LogP contribution in [0.15, 0.2) is 41.1 Å². The Labute approximate surface area is 147 Å². The van der Waals surface area contributed by atoms with Gasteiger partial charge in [0.05, 0.1) is 6.04 Å². The third-order valence-corrected chi connectivity index (χ3v) is 4.86. The van der Waals surface area contributed by atoms with Crippen LogP contribution in [0.4, 0.5) is 0 Å². The lowest BCUT2D eigenvalue weighted by Gasteiger charge is -2.29. The lowest BCUT2D eigenvalue weighted by Crippen LogP contribution is -2.40. The topological polar surface area (TPSA) is 49.4 Å². The van der Waals surface area contributed by atoms with Gasteiger partial charge in [0, 0.05) is 12.1 Å². The maximum Gasteiger partial charge on any atom is 0.292 e. The smallest absolute Gasteiger partial charge is 0.292 e. The molecule has 0 aliphatic rings. The molecular weight excluding hydrogens is 320 g/mol. The zero-order chi connectivity index (χ0) is 17.5. The predicted octanol–water partition coefficient (Wildman–Crippen LogP) is 3.44. The summed E-state index contributed by atoms with van der Waals surface area (Å²) in [5.41, 5.74) is 2.66. The standard InChI is InChI=1S/C19H24N2O2S/c1-4-21(5-2)17(16-10-11-24-13-16)12-20-19(23)18(22)15-8-6-14(3)7-9-15/h6-11,13,17H,4-5,12H2,1-3H3,(H,20,23). The molecule has 128 valence electrons. The van der Waals surface area contributed by atoms with Crippen molar-refractivity contribution in [3.05, 3.63) is 57.8 Å². The van der Waals surface area contributed by atoms with Crippen molar-refractivity contribution in [3.63, 3.8) is 0 Å². The van der Waals surface area contributed by atoms with Crippen molar-refractivity contribution in [2.24, 2.45) is 0 Å². The van der Waals surface area contributed by atoms with E-state index in [4.69, 9.17) is 0 Å². The fourth-order valence-corrected chi connectivity index (χ4v) is 3.40. The van der Waals surface area contributed by atoms with Crippen LogP contribution in [-0.4, -0.2) is 36.2 Å². The molecule has 0 bridgehead atoms. The summed E-state index contributed by atoms with van der Waals surface area (Å²) < 4.78 is 0. The second-order valence-electron chi connectivity index (χ2n) is 5.70. The van der Waals surface area contributed by atoms with E-state index >= 15 is 0 Å². The van der Waals surface area contributed by atoms with Crippen molar-refractivity contribution < 1.29 is 9.59 Å². The normalized spacial score (nSPS) is 12.2. The Balaban J connectivity index is 2.04. The molecule has 1 aromatic carbocycles. The Bertz CT molecular complexity index is 661. The third kappa shape index (κ3) is 4.52. The molecule has 1 atom stereocenters. The van der Waals surface area contributed by atoms with E-state index in [0.29, 0.717) is 12.1 Å². The number of thiophene rings is 1. The van der Waals surface area contributed by atoms with Crippen molar-refractivity contribution >= 4 is 23.0 Å². The number of nitrogens with zero attached hydrogens (tertiary/aromatic N) is 1. The van der Waals surface area contributed by atoms with E-state index in [2.05, 4.69) is 35.5 Å². The van der Waals surface area contributed by atoms with E-state index in [1.807, 2.05) is 24.4 Å². The van der Waals surface area contributed by atoms with E-state index in [-0.39, 0.29) is 6.04 Å². The number of rotatable bonds is 8. The summed E-state index contributed by atoms with van der Waals surface area (Å²) in [6.07, 6.45) is 0. The molecule has 0 radical (unpaired) electrons. The summed E-state index contributed by atoms with van der Waals surface area (Å²) in [4.78, 5) is 26.7. The summed E-state index contributed by atoms with van der Waals surface area (Å²) in [7, 11) is 0. The van der Waals surface area contributed by atoms with E-state index in [1.54, 1.807) is 23.5 Å². The Morgan fingerprint density at radius 3 is 2.33 bits per heavy atom. The van der Waals surface area contributed by atoms with Crippen LogP contribution in [0.1, 0.15) is 41.4 Å². The van der Waals surface area contributed by atoms with Crippen LogP contribution in [0, 0.1) is 6.92 Å². The third-order valence-electron chi connectivity index (χ3n) is 4.16. The molecule has 5 heteroatoms. The fourth-order valence-electron chi connectivity index (χ4n) is 2.69. The van der Waals surface area contributed by atoms with E-state index in [9.17, 15) is 9.59 Å². The van der Waals surface area contributed by atoms with Gasteiger partial charge in [0.2, 0.25) is 5.78 Å². The fraction of sp³-hybridized carbons (Fsp3) is 0.368. The molecule has 1 amide bonds. The molecule has 0 saturated carbocycles. The lowest BCUT2D eigenvalue weighted by atomic mass is 10.1. The summed E-state index contributed by atoms with van der Waals surface area (Å²) in [5.74, 6) is -1.04. The van der Waals surface area contributed by atoms with Gasteiger partial charge in [0.1, 0.15) is 0 Å². The van der Waals surface area contributed by atoms with Crippen molar-refractivity contribution in [1.82, 2.24) is 10.2 Å². The van der Waals surface area contributed by atoms with Crippen molar-refractivity contribution in [2.75, 3.05) is 19.6 Å². The highest BCUT2D eigenvalue weighted by Crippen LogP contribution is 2.22. The molecular formula is C19H24N2O2S. The molecule has 2 rings (SSSR count). The van der Waals surface area contributed by atoms with Gasteiger partial charge in [-0.25, -0.2) is 0 Å². The zero-order valence-electron chi connectivity index (χ0n) is 14.4. The minimum absolute atomic E-state index is 0.0843. The predicted molar refractivity (Wildman–Crippen MR) is 98.5 cm³/mol. The van der Waals surface area contributed by atoms with Gasteiger partial charge in [-0.2, -0.15) is 11.3 Å². The summed E-state index contributed by atoms with van der Waals surface area (Å²) >= 11 is 1.64. The molecule has 0 saturated heterocycles. The van der Waals surface area contributed by atoms with Crippen molar-refractivity contribution in [2.45, 2.75) is 26.8 Å². The highest BCUT2D eigenvalue weighted by molar-refractivity contribution is 7.07. The number of likely N-dealkylation sites (N-methyl/N-ethyl adjacent to an activating group) is 1. The summed E-state index contributed by atoms with van der Waals surface area (Å²) in [6.45, 7) is 8.35. The molecule has 0 aliphatic carbocycles. The summed E-state index contributed by atoms with van der Waals surface area (Å²) in [6, 6.07) is 9.22. The van der Waals surface area contributed by atoms with Crippen LogP contribution in [-0.2, 0) is 4.79 Å². The number of nitrogens with one attached hydrogen (secondary N) is 1. The first-order valence-electron chi connectivity index (χ1n) is 8.22. The maximum atomic E-state index is 12.2. The minimum Gasteiger partial charge on any atom is -0.347 e. The first kappa shape index (κ1) is 18.4. The number of Topliss-reactive ketones (excluding diaryl/α,β-unsaturated/α-hetero) is 1. The average Bonchev–Trinajstić information content (AvgIpc) is 3.12. The molecule has 1 unspecified atom stereocenters. The molecule has 1 N–H and O–H groups in total. The van der Waals surface area contributed by atoms with Crippen LogP contribution in [0.25, 0.3) is 0 Å². The first-order chi connectivity index (χ1) is 11.6. The van der Waals surface area contributed by atoms with E-state index in [0.717, 1.165) is 18.7 Å². The molecule has 4 nitrogen and oxygen atoms in total. The zero-order valence-corrected chi connectivity index (χ0v) is 15.2. The van der Waals surface area contributed by atoms with Gasteiger partial charge in [-0.3, -0.25) is 14.5 Å². The number of hydrogen-bond acceptors (Lipinski definition) is 4. The number of hydrogen-bond donors (Lipinski definition) is 1. The van der Waals surface area contributed by atoms with Crippen LogP contribution in [0.3, 0.4) is 0 Å². The van der Waals surface area contributed by atoms with Gasteiger partial charge in [0.15, 0.2) is 0 Å². The Morgan fingerprint density at radius 2 is 1.79 bits per heavy atom. The highest BCUT2D eigenvalue weighted by Gasteiger charge is 2.22. The maximum absolute atomic E-state index is 12.2. The quantitative estimate of drug-likeness (QED) is 0.589. The van der Waals surface area contributed by atoms with Gasteiger partial charge in [-0.1, -0.05) is 43.7 Å². The van der Waals surface area contributed by atoms with Crippen molar-refractivity contribution in [3.8, 4) is 0 Å². The Kier molecular flexibility index (Phi) is 6.70. The van der Waals surface area contributed by atoms with Crippen LogP contribution in [0.5, 0.6) is 0 Å². The van der Waals surface area contributed by atoms with Gasteiger partial charge in [-0.05, 0) is 42.4 Å². The number of amides is 1.